The summed E-state index contributed by atoms with van der Waals surface area (Å²) in [5, 5.41) is 3.21. The van der Waals surface area contributed by atoms with Crippen molar-refractivity contribution in [2.75, 3.05) is 19.8 Å². The number of hydrogen-bond donors (Lipinski definition) is 1. The highest BCUT2D eigenvalue weighted by Crippen LogP contribution is 2.33. The molecule has 1 N–H and O–H groups in total. The summed E-state index contributed by atoms with van der Waals surface area (Å²) >= 11 is 2.57. The Hall–Kier alpha value is 0.120. The maximum absolute atomic E-state index is 12.6. The van der Waals surface area contributed by atoms with E-state index in [2.05, 4.69) is 27.9 Å². The molecule has 5 heteroatoms. The van der Waals surface area contributed by atoms with Gasteiger partial charge in [-0.05, 0) is 57.3 Å². The minimum atomic E-state index is 0.0657. The van der Waals surface area contributed by atoms with Crippen molar-refractivity contribution in [3.05, 3.63) is 0 Å². The molecule has 1 amide bonds. The fourth-order valence-corrected chi connectivity index (χ4v) is 5.71. The van der Waals surface area contributed by atoms with Gasteiger partial charge in [0.15, 0.2) is 0 Å². The van der Waals surface area contributed by atoms with Gasteiger partial charge in [0.1, 0.15) is 0 Å². The van der Waals surface area contributed by atoms with Crippen LogP contribution in [0.1, 0.15) is 64.2 Å². The molecule has 4 aliphatic rings. The zero-order valence-corrected chi connectivity index (χ0v) is 16.8. The number of amides is 1. The molecule has 2 heterocycles. The third-order valence-electron chi connectivity index (χ3n) is 5.92. The van der Waals surface area contributed by atoms with Crippen molar-refractivity contribution < 1.29 is 14.3 Å². The van der Waals surface area contributed by atoms with Crippen molar-refractivity contribution >= 4 is 28.5 Å². The molecule has 4 fully saturated rings. The van der Waals surface area contributed by atoms with Gasteiger partial charge in [-0.25, -0.2) is 0 Å². The number of alkyl halides is 1. The summed E-state index contributed by atoms with van der Waals surface area (Å²) in [5.41, 5.74) is 0. The second kappa shape index (κ2) is 9.72. The Morgan fingerprint density at radius 2 is 1.62 bits per heavy atom. The van der Waals surface area contributed by atoms with Crippen LogP contribution in [0.15, 0.2) is 0 Å². The molecule has 0 spiro atoms. The van der Waals surface area contributed by atoms with Crippen molar-refractivity contribution in [1.29, 1.82) is 0 Å². The van der Waals surface area contributed by atoms with E-state index in [0.717, 1.165) is 64.2 Å². The number of carbonyl (C=O) groups is 1. The molecule has 24 heavy (non-hydrogen) atoms. The van der Waals surface area contributed by atoms with Gasteiger partial charge in [0, 0.05) is 23.7 Å². The Bertz CT molecular complexity index is 406. The highest BCUT2D eigenvalue weighted by atomic mass is 127. The van der Waals surface area contributed by atoms with Crippen LogP contribution in [-0.2, 0) is 14.3 Å². The molecule has 2 aliphatic heterocycles. The van der Waals surface area contributed by atoms with E-state index in [1.807, 2.05) is 0 Å². The van der Waals surface area contributed by atoms with Gasteiger partial charge < -0.3 is 14.8 Å². The molecule has 2 saturated heterocycles. The van der Waals surface area contributed by atoms with Gasteiger partial charge >= 0.3 is 0 Å². The van der Waals surface area contributed by atoms with Crippen LogP contribution in [0.5, 0.6) is 0 Å². The Morgan fingerprint density at radius 3 is 2.42 bits per heavy atom. The lowest BCUT2D eigenvalue weighted by Gasteiger charge is -2.34. The lowest BCUT2D eigenvalue weighted by atomic mass is 9.84. The minimum absolute atomic E-state index is 0.0657. The maximum Gasteiger partial charge on any atom is 0.225 e. The third kappa shape index (κ3) is 5.31. The molecule has 5 atom stereocenters. The molecule has 0 aromatic heterocycles. The van der Waals surface area contributed by atoms with Crippen LogP contribution in [0.2, 0.25) is 0 Å². The first-order valence-electron chi connectivity index (χ1n) is 9.89. The number of nitrogens with one attached hydrogen (secondary N) is 1. The molecule has 4 nitrogen and oxygen atoms in total. The van der Waals surface area contributed by atoms with E-state index in [9.17, 15) is 4.79 Å². The molecular weight excluding hydrogens is 417 g/mol. The predicted octanol–water partition coefficient (Wildman–Crippen LogP) is 3.85. The SMILES string of the molecule is O=C1NCC[C@@H]2CCC(OCCCCOC3CCCCC13)C(I)C2. The molecule has 0 radical (unpaired) electrons. The highest BCUT2D eigenvalue weighted by Gasteiger charge is 2.32. The number of hydrogen-bond acceptors (Lipinski definition) is 3. The largest absolute Gasteiger partial charge is 0.377 e. The molecule has 138 valence electrons. The molecular formula is C19H32INO3. The van der Waals surface area contributed by atoms with Gasteiger partial charge in [0.25, 0.3) is 0 Å². The Labute approximate surface area is 159 Å². The van der Waals surface area contributed by atoms with Crippen LogP contribution in [0.25, 0.3) is 0 Å². The number of fused-ring (bicyclic) bond motifs is 10. The molecule has 4 rings (SSSR count). The minimum Gasteiger partial charge on any atom is -0.377 e. The van der Waals surface area contributed by atoms with Gasteiger partial charge in [-0.2, -0.15) is 0 Å². The second-order valence-corrected chi connectivity index (χ2v) is 9.29. The summed E-state index contributed by atoms with van der Waals surface area (Å²) in [6.45, 7) is 2.44. The lowest BCUT2D eigenvalue weighted by Crippen LogP contribution is -2.42. The maximum atomic E-state index is 12.6. The summed E-state index contributed by atoms with van der Waals surface area (Å²) in [4.78, 5) is 12.6. The van der Waals surface area contributed by atoms with Crippen molar-refractivity contribution in [2.24, 2.45) is 11.8 Å². The van der Waals surface area contributed by atoms with Crippen LogP contribution in [0.3, 0.4) is 0 Å². The smallest absolute Gasteiger partial charge is 0.225 e. The van der Waals surface area contributed by atoms with E-state index < -0.39 is 0 Å². The van der Waals surface area contributed by atoms with Gasteiger partial charge in [0.05, 0.1) is 18.1 Å². The summed E-state index contributed by atoms with van der Waals surface area (Å²) in [6, 6.07) is 0. The number of rotatable bonds is 0. The zero-order chi connectivity index (χ0) is 16.8. The van der Waals surface area contributed by atoms with Crippen LogP contribution in [-0.4, -0.2) is 41.8 Å². The fourth-order valence-electron chi connectivity index (χ4n) is 4.42. The van der Waals surface area contributed by atoms with E-state index in [1.165, 1.54) is 25.7 Å². The lowest BCUT2D eigenvalue weighted by molar-refractivity contribution is -0.132. The Balaban J connectivity index is 1.58. The first kappa shape index (κ1) is 18.9. The Morgan fingerprint density at radius 1 is 0.875 bits per heavy atom. The van der Waals surface area contributed by atoms with E-state index in [0.29, 0.717) is 10.0 Å². The van der Waals surface area contributed by atoms with Gasteiger partial charge in [-0.1, -0.05) is 35.4 Å². The summed E-state index contributed by atoms with van der Waals surface area (Å²) in [6.07, 6.45) is 11.8. The molecule has 2 aliphatic carbocycles. The van der Waals surface area contributed by atoms with Crippen molar-refractivity contribution in [1.82, 2.24) is 5.32 Å². The van der Waals surface area contributed by atoms with Crippen molar-refractivity contribution in [2.45, 2.75) is 80.3 Å². The summed E-state index contributed by atoms with van der Waals surface area (Å²) in [7, 11) is 0. The van der Waals surface area contributed by atoms with Crippen LogP contribution < -0.4 is 5.32 Å². The third-order valence-corrected chi connectivity index (χ3v) is 7.23. The van der Waals surface area contributed by atoms with E-state index in [1.54, 1.807) is 0 Å². The van der Waals surface area contributed by atoms with E-state index >= 15 is 0 Å². The quantitative estimate of drug-likeness (QED) is 0.452. The van der Waals surface area contributed by atoms with Gasteiger partial charge in [-0.15, -0.1) is 0 Å². The first-order chi connectivity index (χ1) is 11.7. The highest BCUT2D eigenvalue weighted by molar-refractivity contribution is 14.1. The Kier molecular flexibility index (Phi) is 7.65. The predicted molar refractivity (Wildman–Crippen MR) is 103 cm³/mol. The topological polar surface area (TPSA) is 47.6 Å². The zero-order valence-electron chi connectivity index (χ0n) is 14.7. The number of ether oxygens (including phenoxy) is 2. The van der Waals surface area contributed by atoms with Crippen molar-refractivity contribution in [3.8, 4) is 0 Å². The monoisotopic (exact) mass is 449 g/mol. The molecule has 0 aromatic rings. The standard InChI is InChI=1S/C19H32INO3/c20-16-13-14-7-8-18(16)24-12-4-3-11-23-17-6-2-1-5-15(17)19(22)21-10-9-14/h14-18H,1-13H2,(H,21,22)/t14-,15?,16?,17?,18?/m0/s1. The van der Waals surface area contributed by atoms with Crippen LogP contribution in [0.4, 0.5) is 0 Å². The number of halogens is 1. The van der Waals surface area contributed by atoms with Gasteiger partial charge in [0.2, 0.25) is 5.91 Å². The van der Waals surface area contributed by atoms with E-state index in [-0.39, 0.29) is 17.9 Å². The first-order valence-corrected chi connectivity index (χ1v) is 11.1. The van der Waals surface area contributed by atoms with Crippen LogP contribution in [0, 0.1) is 11.8 Å². The average Bonchev–Trinajstić information content (AvgIpc) is 2.59. The van der Waals surface area contributed by atoms with Crippen molar-refractivity contribution in [3.63, 3.8) is 0 Å². The normalized spacial score (nSPS) is 39.9. The molecule has 0 aromatic carbocycles. The summed E-state index contributed by atoms with van der Waals surface area (Å²) < 4.78 is 12.8. The second-order valence-electron chi connectivity index (χ2n) is 7.69. The molecule has 2 bridgehead atoms. The molecule has 2 saturated carbocycles. The van der Waals surface area contributed by atoms with Gasteiger partial charge in [-0.3, -0.25) is 4.79 Å². The molecule has 4 unspecified atom stereocenters. The number of carbonyl (C=O) groups excluding carboxylic acids is 1. The van der Waals surface area contributed by atoms with E-state index in [4.69, 9.17) is 9.47 Å². The fraction of sp³-hybridized carbons (Fsp3) is 0.947. The van der Waals surface area contributed by atoms with Crippen LogP contribution >= 0.6 is 22.6 Å². The summed E-state index contributed by atoms with van der Waals surface area (Å²) in [5.74, 6) is 1.03. The average molecular weight is 449 g/mol.